The van der Waals surface area contributed by atoms with E-state index in [1.807, 2.05) is 0 Å². The molecule has 0 spiro atoms. The van der Waals surface area contributed by atoms with E-state index in [2.05, 4.69) is 6.58 Å². The summed E-state index contributed by atoms with van der Waals surface area (Å²) in [6.45, 7) is 7.69. The van der Waals surface area contributed by atoms with Crippen LogP contribution in [0.5, 0.6) is 0 Å². The Hall–Kier alpha value is -1.12. The van der Waals surface area contributed by atoms with Gasteiger partial charge in [0.15, 0.2) is 5.78 Å². The van der Waals surface area contributed by atoms with Crippen LogP contribution in [-0.2, 0) is 9.59 Å². The number of carbonyl (C=O) groups is 2. The van der Waals surface area contributed by atoms with E-state index in [0.29, 0.717) is 5.57 Å². The first-order chi connectivity index (χ1) is 4.37. The van der Waals surface area contributed by atoms with Crippen molar-refractivity contribution in [3.8, 4) is 0 Å². The number of aliphatic carboxylic acids is 1. The fourth-order valence-corrected chi connectivity index (χ4v) is 0. The highest BCUT2D eigenvalue weighted by molar-refractivity contribution is 5.91. The maximum Gasteiger partial charge on any atom is 0.300 e. The van der Waals surface area contributed by atoms with Gasteiger partial charge >= 0.3 is 0 Å². The van der Waals surface area contributed by atoms with E-state index < -0.39 is 5.97 Å². The molecule has 0 saturated carbocycles. The highest BCUT2D eigenvalue weighted by Gasteiger charge is 1.85. The molecule has 0 aromatic heterocycles. The van der Waals surface area contributed by atoms with E-state index in [4.69, 9.17) is 9.90 Å². The number of carboxylic acid groups (broad SMARTS) is 1. The number of hydrogen-bond acceptors (Lipinski definition) is 2. The molecule has 0 unspecified atom stereocenters. The van der Waals surface area contributed by atoms with Gasteiger partial charge in [0.2, 0.25) is 0 Å². The molecule has 0 aromatic rings. The quantitative estimate of drug-likeness (QED) is 0.563. The Labute approximate surface area is 60.4 Å². The molecule has 1 N–H and O–H groups in total. The molecule has 0 aliphatic rings. The summed E-state index contributed by atoms with van der Waals surface area (Å²) in [4.78, 5) is 19.0. The molecule has 0 aromatic carbocycles. The molecule has 0 heterocycles. The highest BCUT2D eigenvalue weighted by Crippen LogP contribution is 1.84. The van der Waals surface area contributed by atoms with Crippen molar-refractivity contribution in [1.82, 2.24) is 0 Å². The molecule has 0 rings (SSSR count). The standard InChI is InChI=1S/C5H8O.C2H4O2/c1-4(2)5(3)6;1-2(3)4/h1H2,2-3H3;1H3,(H,3,4). The maximum absolute atomic E-state index is 10.0. The second-order valence-corrected chi connectivity index (χ2v) is 1.86. The van der Waals surface area contributed by atoms with Gasteiger partial charge in [0.1, 0.15) is 0 Å². The van der Waals surface area contributed by atoms with Crippen molar-refractivity contribution >= 4 is 11.8 Å². The Morgan fingerprint density at radius 3 is 1.30 bits per heavy atom. The predicted octanol–water partition coefficient (Wildman–Crippen LogP) is 1.24. The van der Waals surface area contributed by atoms with Crippen LogP contribution < -0.4 is 0 Å². The minimum Gasteiger partial charge on any atom is -0.481 e. The van der Waals surface area contributed by atoms with Crippen molar-refractivity contribution < 1.29 is 14.7 Å². The monoisotopic (exact) mass is 144 g/mol. The Balaban J connectivity index is 0. The van der Waals surface area contributed by atoms with E-state index in [-0.39, 0.29) is 5.78 Å². The smallest absolute Gasteiger partial charge is 0.300 e. The van der Waals surface area contributed by atoms with Gasteiger partial charge in [-0.3, -0.25) is 9.59 Å². The Morgan fingerprint density at radius 1 is 1.20 bits per heavy atom. The number of ketones is 1. The van der Waals surface area contributed by atoms with Gasteiger partial charge in [-0.15, -0.1) is 0 Å². The third-order valence-corrected chi connectivity index (χ3v) is 0.601. The number of hydrogen-bond donors (Lipinski definition) is 1. The van der Waals surface area contributed by atoms with Crippen LogP contribution in [0, 0.1) is 0 Å². The first kappa shape index (κ1) is 11.6. The lowest BCUT2D eigenvalue weighted by Crippen LogP contribution is -1.86. The first-order valence-electron chi connectivity index (χ1n) is 2.74. The highest BCUT2D eigenvalue weighted by atomic mass is 16.4. The third-order valence-electron chi connectivity index (χ3n) is 0.601. The second kappa shape index (κ2) is 6.01. The summed E-state index contributed by atoms with van der Waals surface area (Å²) in [5, 5.41) is 7.42. The Kier molecular flexibility index (Phi) is 7.00. The molecule has 0 atom stereocenters. The van der Waals surface area contributed by atoms with Crippen molar-refractivity contribution in [2.45, 2.75) is 20.8 Å². The number of rotatable bonds is 1. The minimum absolute atomic E-state index is 0.0648. The van der Waals surface area contributed by atoms with Crippen LogP contribution in [0.2, 0.25) is 0 Å². The molecule has 58 valence electrons. The van der Waals surface area contributed by atoms with Crippen LogP contribution in [0.4, 0.5) is 0 Å². The van der Waals surface area contributed by atoms with Crippen LogP contribution in [0.1, 0.15) is 20.8 Å². The van der Waals surface area contributed by atoms with Gasteiger partial charge in [-0.05, 0) is 19.4 Å². The van der Waals surface area contributed by atoms with Crippen molar-refractivity contribution in [3.63, 3.8) is 0 Å². The molecule has 0 saturated heterocycles. The lowest BCUT2D eigenvalue weighted by Gasteiger charge is -1.80. The summed E-state index contributed by atoms with van der Waals surface area (Å²) in [5.41, 5.74) is 0.620. The van der Waals surface area contributed by atoms with Crippen LogP contribution in [0.25, 0.3) is 0 Å². The van der Waals surface area contributed by atoms with Crippen LogP contribution >= 0.6 is 0 Å². The van der Waals surface area contributed by atoms with Crippen molar-refractivity contribution in [2.24, 2.45) is 0 Å². The zero-order valence-corrected chi connectivity index (χ0v) is 6.47. The third kappa shape index (κ3) is 28.7. The number of carboxylic acids is 1. The molecule has 3 nitrogen and oxygen atoms in total. The van der Waals surface area contributed by atoms with E-state index >= 15 is 0 Å². The van der Waals surface area contributed by atoms with Gasteiger partial charge in [-0.2, -0.15) is 0 Å². The summed E-state index contributed by atoms with van der Waals surface area (Å²) < 4.78 is 0. The first-order valence-corrected chi connectivity index (χ1v) is 2.74. The van der Waals surface area contributed by atoms with Gasteiger partial charge in [-0.25, -0.2) is 0 Å². The van der Waals surface area contributed by atoms with Gasteiger partial charge in [0, 0.05) is 6.92 Å². The number of allylic oxidation sites excluding steroid dienone is 1. The van der Waals surface area contributed by atoms with E-state index in [1.54, 1.807) is 6.92 Å². The van der Waals surface area contributed by atoms with Crippen molar-refractivity contribution in [3.05, 3.63) is 12.2 Å². The van der Waals surface area contributed by atoms with Crippen molar-refractivity contribution in [1.29, 1.82) is 0 Å². The fraction of sp³-hybridized carbons (Fsp3) is 0.429. The van der Waals surface area contributed by atoms with E-state index in [9.17, 15) is 4.79 Å². The Bertz CT molecular complexity index is 131. The summed E-state index contributed by atoms with van der Waals surface area (Å²) in [6, 6.07) is 0. The predicted molar refractivity (Wildman–Crippen MR) is 38.8 cm³/mol. The Morgan fingerprint density at radius 2 is 1.30 bits per heavy atom. The van der Waals surface area contributed by atoms with E-state index in [1.165, 1.54) is 6.92 Å². The molecule has 10 heavy (non-hydrogen) atoms. The van der Waals surface area contributed by atoms with Crippen LogP contribution in [-0.4, -0.2) is 16.9 Å². The zero-order chi connectivity index (χ0) is 8.73. The molecule has 0 aliphatic heterocycles. The molecule has 0 fully saturated rings. The number of Topliss-reactive ketones (excluding diaryl/α,β-unsaturated/α-hetero) is 1. The topological polar surface area (TPSA) is 54.4 Å². The van der Waals surface area contributed by atoms with Crippen LogP contribution in [0.15, 0.2) is 12.2 Å². The number of carbonyl (C=O) groups excluding carboxylic acids is 1. The van der Waals surface area contributed by atoms with Gasteiger partial charge < -0.3 is 5.11 Å². The summed E-state index contributed by atoms with van der Waals surface area (Å²) in [7, 11) is 0. The van der Waals surface area contributed by atoms with Gasteiger partial charge in [0.05, 0.1) is 0 Å². The summed E-state index contributed by atoms with van der Waals surface area (Å²) in [6.07, 6.45) is 0. The van der Waals surface area contributed by atoms with Crippen LogP contribution in [0.3, 0.4) is 0 Å². The average molecular weight is 144 g/mol. The largest absolute Gasteiger partial charge is 0.481 e. The minimum atomic E-state index is -0.833. The second-order valence-electron chi connectivity index (χ2n) is 1.86. The normalized spacial score (nSPS) is 7.10. The molecule has 0 aliphatic carbocycles. The maximum atomic E-state index is 10.0. The SMILES string of the molecule is C=C(C)C(C)=O.CC(=O)O. The molecule has 0 bridgehead atoms. The lowest BCUT2D eigenvalue weighted by molar-refractivity contribution is -0.134. The van der Waals surface area contributed by atoms with Gasteiger partial charge in [-0.1, -0.05) is 6.58 Å². The summed E-state index contributed by atoms with van der Waals surface area (Å²) >= 11 is 0. The zero-order valence-electron chi connectivity index (χ0n) is 6.47. The van der Waals surface area contributed by atoms with Crippen molar-refractivity contribution in [2.75, 3.05) is 0 Å². The lowest BCUT2D eigenvalue weighted by atomic mass is 10.3. The molecule has 0 radical (unpaired) electrons. The molecular formula is C7H12O3. The molecular weight excluding hydrogens is 132 g/mol. The fourth-order valence-electron chi connectivity index (χ4n) is 0. The summed E-state index contributed by atoms with van der Waals surface area (Å²) in [5.74, 6) is -0.769. The average Bonchev–Trinajstić information content (AvgIpc) is 1.63. The molecule has 0 amide bonds. The van der Waals surface area contributed by atoms with Gasteiger partial charge in [0.25, 0.3) is 5.97 Å². The van der Waals surface area contributed by atoms with E-state index in [0.717, 1.165) is 6.92 Å². The molecule has 3 heteroatoms.